The van der Waals surface area contributed by atoms with Gasteiger partial charge in [0, 0.05) is 24.7 Å². The molecular formula is C13H24N6. The lowest BCUT2D eigenvalue weighted by Crippen LogP contribution is -2.46. The van der Waals surface area contributed by atoms with Gasteiger partial charge in [0.15, 0.2) is 5.82 Å². The highest BCUT2D eigenvalue weighted by atomic mass is 15.5. The van der Waals surface area contributed by atoms with E-state index in [1.807, 2.05) is 4.68 Å². The molecule has 19 heavy (non-hydrogen) atoms. The molecule has 2 aliphatic heterocycles. The van der Waals surface area contributed by atoms with Gasteiger partial charge in [-0.1, -0.05) is 6.92 Å². The van der Waals surface area contributed by atoms with Crippen LogP contribution in [-0.4, -0.2) is 50.3 Å². The number of hydrogen-bond acceptors (Lipinski definition) is 5. The molecule has 3 rings (SSSR count). The van der Waals surface area contributed by atoms with Crippen LogP contribution in [0.1, 0.15) is 44.9 Å². The van der Waals surface area contributed by atoms with Crippen LogP contribution in [-0.2, 0) is 13.1 Å². The number of piperidine rings is 1. The Labute approximate surface area is 114 Å². The fourth-order valence-electron chi connectivity index (χ4n) is 3.46. The maximum absolute atomic E-state index is 4.17. The van der Waals surface area contributed by atoms with E-state index in [4.69, 9.17) is 0 Å². The van der Waals surface area contributed by atoms with Crippen molar-refractivity contribution < 1.29 is 0 Å². The predicted octanol–water partition coefficient (Wildman–Crippen LogP) is 0.798. The fourth-order valence-corrected chi connectivity index (χ4v) is 3.46. The van der Waals surface area contributed by atoms with Crippen molar-refractivity contribution in [2.45, 2.75) is 70.2 Å². The third kappa shape index (κ3) is 2.79. The van der Waals surface area contributed by atoms with Crippen LogP contribution in [0.4, 0.5) is 0 Å². The molecule has 1 aromatic rings. The van der Waals surface area contributed by atoms with Crippen LogP contribution in [0.3, 0.4) is 0 Å². The number of aromatic nitrogens is 4. The summed E-state index contributed by atoms with van der Waals surface area (Å²) in [5.74, 6) is 0.996. The molecule has 3 heterocycles. The highest BCUT2D eigenvalue weighted by Gasteiger charge is 2.35. The zero-order valence-electron chi connectivity index (χ0n) is 11.9. The first-order valence-corrected chi connectivity index (χ1v) is 7.47. The Morgan fingerprint density at radius 2 is 2.05 bits per heavy atom. The molecular weight excluding hydrogens is 240 g/mol. The van der Waals surface area contributed by atoms with Gasteiger partial charge in [0.2, 0.25) is 0 Å². The van der Waals surface area contributed by atoms with Gasteiger partial charge in [-0.05, 0) is 49.6 Å². The van der Waals surface area contributed by atoms with E-state index < -0.39 is 0 Å². The number of rotatable bonds is 5. The van der Waals surface area contributed by atoms with Crippen molar-refractivity contribution in [2.24, 2.45) is 0 Å². The molecule has 106 valence electrons. The van der Waals surface area contributed by atoms with E-state index in [2.05, 4.69) is 39.7 Å². The zero-order valence-corrected chi connectivity index (χ0v) is 11.9. The standard InChI is InChI=1S/C13H24N6/c1-3-6-19-13(15-16-17-19)9-18(2)12-7-10-4-5-11(8-12)14-10/h10-12,14H,3-9H2,1-2H3. The second-order valence-corrected chi connectivity index (χ2v) is 6.00. The molecule has 1 N–H and O–H groups in total. The largest absolute Gasteiger partial charge is 0.311 e. The van der Waals surface area contributed by atoms with Gasteiger partial charge < -0.3 is 5.32 Å². The van der Waals surface area contributed by atoms with Gasteiger partial charge >= 0.3 is 0 Å². The fraction of sp³-hybridized carbons (Fsp3) is 0.923. The van der Waals surface area contributed by atoms with Crippen molar-refractivity contribution in [2.75, 3.05) is 7.05 Å². The molecule has 0 radical (unpaired) electrons. The molecule has 0 saturated carbocycles. The predicted molar refractivity (Wildman–Crippen MR) is 72.5 cm³/mol. The van der Waals surface area contributed by atoms with E-state index in [9.17, 15) is 0 Å². The van der Waals surface area contributed by atoms with E-state index in [0.29, 0.717) is 6.04 Å². The molecule has 2 aliphatic rings. The van der Waals surface area contributed by atoms with E-state index in [-0.39, 0.29) is 0 Å². The lowest BCUT2D eigenvalue weighted by Gasteiger charge is -2.35. The molecule has 0 spiro atoms. The molecule has 6 heteroatoms. The van der Waals surface area contributed by atoms with E-state index >= 15 is 0 Å². The number of hydrogen-bond donors (Lipinski definition) is 1. The summed E-state index contributed by atoms with van der Waals surface area (Å²) in [6, 6.07) is 2.14. The van der Waals surface area contributed by atoms with Crippen LogP contribution in [0.5, 0.6) is 0 Å². The summed E-state index contributed by atoms with van der Waals surface area (Å²) in [7, 11) is 2.21. The summed E-state index contributed by atoms with van der Waals surface area (Å²) < 4.78 is 1.94. The quantitative estimate of drug-likeness (QED) is 0.852. The maximum atomic E-state index is 4.17. The highest BCUT2D eigenvalue weighted by molar-refractivity contribution is 4.96. The van der Waals surface area contributed by atoms with E-state index in [0.717, 1.165) is 37.4 Å². The molecule has 0 amide bonds. The minimum atomic E-state index is 0.672. The summed E-state index contributed by atoms with van der Waals surface area (Å²) in [6.45, 7) is 3.92. The Balaban J connectivity index is 1.61. The number of tetrazole rings is 1. The van der Waals surface area contributed by atoms with Crippen molar-refractivity contribution in [3.05, 3.63) is 5.82 Å². The smallest absolute Gasteiger partial charge is 0.165 e. The normalized spacial score (nSPS) is 30.2. The van der Waals surface area contributed by atoms with Gasteiger partial charge in [0.05, 0.1) is 6.54 Å². The molecule has 0 aliphatic carbocycles. The van der Waals surface area contributed by atoms with Crippen LogP contribution in [0.25, 0.3) is 0 Å². The number of fused-ring (bicyclic) bond motifs is 2. The van der Waals surface area contributed by atoms with Gasteiger partial charge in [-0.25, -0.2) is 4.68 Å². The summed E-state index contributed by atoms with van der Waals surface area (Å²) in [4.78, 5) is 2.43. The molecule has 2 unspecified atom stereocenters. The third-order valence-electron chi connectivity index (χ3n) is 4.50. The Hall–Kier alpha value is -1.01. The second kappa shape index (κ2) is 5.54. The molecule has 2 saturated heterocycles. The first-order chi connectivity index (χ1) is 9.26. The van der Waals surface area contributed by atoms with Gasteiger partial charge in [-0.15, -0.1) is 5.10 Å². The Kier molecular flexibility index (Phi) is 3.79. The lowest BCUT2D eigenvalue weighted by molar-refractivity contribution is 0.160. The average Bonchev–Trinajstić information content (AvgIpc) is 2.97. The first-order valence-electron chi connectivity index (χ1n) is 7.47. The number of aryl methyl sites for hydroxylation is 1. The van der Waals surface area contributed by atoms with Crippen molar-refractivity contribution in [1.82, 2.24) is 30.4 Å². The molecule has 1 aromatic heterocycles. The molecule has 2 atom stereocenters. The minimum absolute atomic E-state index is 0.672. The van der Waals surface area contributed by atoms with Crippen molar-refractivity contribution in [3.63, 3.8) is 0 Å². The van der Waals surface area contributed by atoms with Crippen LogP contribution in [0, 0.1) is 0 Å². The summed E-state index contributed by atoms with van der Waals surface area (Å²) in [5.41, 5.74) is 0. The monoisotopic (exact) mass is 264 g/mol. The van der Waals surface area contributed by atoms with Gasteiger partial charge in [0.25, 0.3) is 0 Å². The molecule has 2 fully saturated rings. The first kappa shape index (κ1) is 13.0. The molecule has 0 aromatic carbocycles. The second-order valence-electron chi connectivity index (χ2n) is 6.00. The topological polar surface area (TPSA) is 58.9 Å². The van der Waals surface area contributed by atoms with E-state index in [1.165, 1.54) is 25.7 Å². The lowest BCUT2D eigenvalue weighted by atomic mass is 9.98. The summed E-state index contributed by atoms with van der Waals surface area (Å²) >= 11 is 0. The summed E-state index contributed by atoms with van der Waals surface area (Å²) in [6.07, 6.45) is 6.30. The number of nitrogens with one attached hydrogen (secondary N) is 1. The number of nitrogens with zero attached hydrogens (tertiary/aromatic N) is 5. The summed E-state index contributed by atoms with van der Waals surface area (Å²) in [5, 5.41) is 15.7. The van der Waals surface area contributed by atoms with Gasteiger partial charge in [-0.3, -0.25) is 4.90 Å². The van der Waals surface area contributed by atoms with Crippen molar-refractivity contribution in [3.8, 4) is 0 Å². The highest BCUT2D eigenvalue weighted by Crippen LogP contribution is 2.29. The van der Waals surface area contributed by atoms with Crippen LogP contribution in [0.2, 0.25) is 0 Å². The average molecular weight is 264 g/mol. The van der Waals surface area contributed by atoms with Gasteiger partial charge in [0.1, 0.15) is 0 Å². The Bertz CT molecular complexity index is 405. The molecule has 2 bridgehead atoms. The van der Waals surface area contributed by atoms with Crippen molar-refractivity contribution in [1.29, 1.82) is 0 Å². The van der Waals surface area contributed by atoms with Crippen LogP contribution >= 0.6 is 0 Å². The zero-order chi connectivity index (χ0) is 13.2. The van der Waals surface area contributed by atoms with Crippen molar-refractivity contribution >= 4 is 0 Å². The Morgan fingerprint density at radius 3 is 2.74 bits per heavy atom. The SMILES string of the molecule is CCCn1nnnc1CN(C)C1CC2CCC(C1)N2. The van der Waals surface area contributed by atoms with E-state index in [1.54, 1.807) is 0 Å². The van der Waals surface area contributed by atoms with Crippen LogP contribution < -0.4 is 5.32 Å². The maximum Gasteiger partial charge on any atom is 0.165 e. The van der Waals surface area contributed by atoms with Gasteiger partial charge in [-0.2, -0.15) is 0 Å². The molecule has 6 nitrogen and oxygen atoms in total. The minimum Gasteiger partial charge on any atom is -0.311 e. The third-order valence-corrected chi connectivity index (χ3v) is 4.50. The Morgan fingerprint density at radius 1 is 1.32 bits per heavy atom. The van der Waals surface area contributed by atoms with Crippen LogP contribution in [0.15, 0.2) is 0 Å².